The molecule has 0 saturated carbocycles. The molecule has 0 spiro atoms. The van der Waals surface area contributed by atoms with Gasteiger partial charge in [0.25, 0.3) is 0 Å². The van der Waals surface area contributed by atoms with Crippen LogP contribution in [0.15, 0.2) is 0 Å². The van der Waals surface area contributed by atoms with Crippen LogP contribution in [0.5, 0.6) is 0 Å². The molecule has 0 radical (unpaired) electrons. The van der Waals surface area contributed by atoms with E-state index in [0.717, 1.165) is 13.1 Å². The van der Waals surface area contributed by atoms with E-state index in [1.165, 1.54) is 6.42 Å². The summed E-state index contributed by atoms with van der Waals surface area (Å²) in [6.07, 6.45) is 1.88. The van der Waals surface area contributed by atoms with Gasteiger partial charge in [-0.2, -0.15) is 0 Å². The number of carboxylic acid groups (broad SMARTS) is 1. The van der Waals surface area contributed by atoms with E-state index in [2.05, 4.69) is 25.8 Å². The van der Waals surface area contributed by atoms with Crippen molar-refractivity contribution in [3.8, 4) is 0 Å². The average Bonchev–Trinajstić information content (AvgIpc) is 2.11. The summed E-state index contributed by atoms with van der Waals surface area (Å²) in [5.41, 5.74) is -0.605. The van der Waals surface area contributed by atoms with Crippen molar-refractivity contribution in [1.29, 1.82) is 0 Å². The number of hydrogen-bond donors (Lipinski definition) is 1. The van der Waals surface area contributed by atoms with Gasteiger partial charge in [0.15, 0.2) is 0 Å². The number of aliphatic carboxylic acids is 1. The van der Waals surface area contributed by atoms with Gasteiger partial charge < -0.3 is 10.0 Å². The molecule has 0 aliphatic carbocycles. The van der Waals surface area contributed by atoms with Crippen LogP contribution in [0.1, 0.15) is 40.5 Å². The largest absolute Gasteiger partial charge is 0.481 e. The van der Waals surface area contributed by atoms with Crippen LogP contribution in [-0.2, 0) is 4.79 Å². The first-order chi connectivity index (χ1) is 6.75. The van der Waals surface area contributed by atoms with E-state index in [4.69, 9.17) is 5.11 Å². The maximum Gasteiger partial charge on any atom is 0.309 e. The predicted molar refractivity (Wildman–Crippen MR) is 63.0 cm³/mol. The normalized spacial score (nSPS) is 12.5. The lowest BCUT2D eigenvalue weighted by Gasteiger charge is -2.24. The summed E-state index contributed by atoms with van der Waals surface area (Å²) in [4.78, 5) is 13.1. The second kappa shape index (κ2) is 6.11. The highest BCUT2D eigenvalue weighted by molar-refractivity contribution is 5.73. The fourth-order valence-corrected chi connectivity index (χ4v) is 1.17. The first-order valence-electron chi connectivity index (χ1n) is 5.67. The molecule has 0 atom stereocenters. The summed E-state index contributed by atoms with van der Waals surface area (Å²) in [6.45, 7) is 9.88. The Balaban J connectivity index is 3.80. The zero-order valence-electron chi connectivity index (χ0n) is 10.7. The predicted octanol–water partition coefficient (Wildman–Crippen LogP) is 2.47. The van der Waals surface area contributed by atoms with Gasteiger partial charge in [0.05, 0.1) is 5.41 Å². The summed E-state index contributed by atoms with van der Waals surface area (Å²) < 4.78 is 0. The number of rotatable bonds is 7. The first kappa shape index (κ1) is 14.4. The number of hydrogen-bond acceptors (Lipinski definition) is 2. The molecule has 0 aromatic heterocycles. The van der Waals surface area contributed by atoms with E-state index in [0.29, 0.717) is 12.3 Å². The molecule has 0 aliphatic rings. The summed E-state index contributed by atoms with van der Waals surface area (Å²) in [5, 5.41) is 8.95. The quantitative estimate of drug-likeness (QED) is 0.709. The van der Waals surface area contributed by atoms with E-state index in [-0.39, 0.29) is 0 Å². The highest BCUT2D eigenvalue weighted by Crippen LogP contribution is 2.20. The van der Waals surface area contributed by atoms with Crippen molar-refractivity contribution in [2.75, 3.05) is 20.1 Å². The van der Waals surface area contributed by atoms with Gasteiger partial charge >= 0.3 is 5.97 Å². The van der Waals surface area contributed by atoms with Crippen LogP contribution in [-0.4, -0.2) is 36.1 Å². The monoisotopic (exact) mass is 215 g/mol. The topological polar surface area (TPSA) is 40.5 Å². The van der Waals surface area contributed by atoms with Crippen molar-refractivity contribution < 1.29 is 9.90 Å². The number of carbonyl (C=O) groups is 1. The Kier molecular flexibility index (Phi) is 5.88. The smallest absolute Gasteiger partial charge is 0.309 e. The van der Waals surface area contributed by atoms with Crippen LogP contribution < -0.4 is 0 Å². The molecule has 0 aliphatic heterocycles. The van der Waals surface area contributed by atoms with E-state index in [1.807, 2.05) is 0 Å². The maximum atomic E-state index is 10.9. The van der Waals surface area contributed by atoms with Gasteiger partial charge in [0.2, 0.25) is 0 Å². The Hall–Kier alpha value is -0.570. The second-order valence-electron chi connectivity index (χ2n) is 5.42. The summed E-state index contributed by atoms with van der Waals surface area (Å²) >= 11 is 0. The van der Waals surface area contributed by atoms with Gasteiger partial charge in [-0.3, -0.25) is 4.79 Å². The van der Waals surface area contributed by atoms with Crippen molar-refractivity contribution >= 4 is 5.97 Å². The standard InChI is InChI=1S/C12H25NO2/c1-10(2)6-8-13(5)9-7-12(3,4)11(14)15/h10H,6-9H2,1-5H3,(H,14,15). The summed E-state index contributed by atoms with van der Waals surface area (Å²) in [6, 6.07) is 0. The molecule has 0 aromatic carbocycles. The van der Waals surface area contributed by atoms with E-state index in [1.54, 1.807) is 13.8 Å². The Morgan fingerprint density at radius 3 is 2.27 bits per heavy atom. The Bertz CT molecular complexity index is 200. The van der Waals surface area contributed by atoms with Gasteiger partial charge in [0.1, 0.15) is 0 Å². The minimum atomic E-state index is -0.709. The molecule has 0 aromatic rings. The molecule has 0 bridgehead atoms. The Labute approximate surface area is 93.5 Å². The van der Waals surface area contributed by atoms with Crippen LogP contribution in [0.25, 0.3) is 0 Å². The van der Waals surface area contributed by atoms with Crippen molar-refractivity contribution in [3.63, 3.8) is 0 Å². The van der Waals surface area contributed by atoms with Gasteiger partial charge in [-0.05, 0) is 52.7 Å². The SMILES string of the molecule is CC(C)CCN(C)CCC(C)(C)C(=O)O. The molecule has 1 N–H and O–H groups in total. The zero-order chi connectivity index (χ0) is 12.1. The second-order valence-corrected chi connectivity index (χ2v) is 5.42. The summed E-state index contributed by atoms with van der Waals surface area (Å²) in [5.74, 6) is -0.000284. The molecule has 0 rings (SSSR count). The maximum absolute atomic E-state index is 10.9. The third-order valence-electron chi connectivity index (χ3n) is 2.79. The molecule has 3 nitrogen and oxygen atoms in total. The molecular weight excluding hydrogens is 190 g/mol. The molecule has 3 heteroatoms. The van der Waals surface area contributed by atoms with Gasteiger partial charge in [-0.25, -0.2) is 0 Å². The third kappa shape index (κ3) is 6.50. The fourth-order valence-electron chi connectivity index (χ4n) is 1.17. The van der Waals surface area contributed by atoms with Gasteiger partial charge in [-0.1, -0.05) is 13.8 Å². The van der Waals surface area contributed by atoms with Crippen LogP contribution in [0, 0.1) is 11.3 Å². The van der Waals surface area contributed by atoms with Crippen LogP contribution in [0.3, 0.4) is 0 Å². The molecule has 0 saturated heterocycles. The lowest BCUT2D eigenvalue weighted by Crippen LogP contribution is -2.30. The number of nitrogens with zero attached hydrogens (tertiary/aromatic N) is 1. The van der Waals surface area contributed by atoms with Gasteiger partial charge in [0, 0.05) is 0 Å². The van der Waals surface area contributed by atoms with Crippen LogP contribution >= 0.6 is 0 Å². The minimum Gasteiger partial charge on any atom is -0.481 e. The lowest BCUT2D eigenvalue weighted by atomic mass is 9.89. The van der Waals surface area contributed by atoms with E-state index >= 15 is 0 Å². The van der Waals surface area contributed by atoms with Crippen LogP contribution in [0.4, 0.5) is 0 Å². The third-order valence-corrected chi connectivity index (χ3v) is 2.79. The molecule has 0 heterocycles. The molecule has 0 unspecified atom stereocenters. The van der Waals surface area contributed by atoms with Gasteiger partial charge in [-0.15, -0.1) is 0 Å². The van der Waals surface area contributed by atoms with Crippen molar-refractivity contribution in [2.24, 2.45) is 11.3 Å². The van der Waals surface area contributed by atoms with E-state index < -0.39 is 11.4 Å². The molecule has 0 fully saturated rings. The first-order valence-corrected chi connectivity index (χ1v) is 5.67. The van der Waals surface area contributed by atoms with Crippen molar-refractivity contribution in [1.82, 2.24) is 4.90 Å². The van der Waals surface area contributed by atoms with E-state index in [9.17, 15) is 4.79 Å². The highest BCUT2D eigenvalue weighted by Gasteiger charge is 2.26. The molecular formula is C12H25NO2. The van der Waals surface area contributed by atoms with Crippen molar-refractivity contribution in [2.45, 2.75) is 40.5 Å². The minimum absolute atomic E-state index is 0.605. The lowest BCUT2D eigenvalue weighted by molar-refractivity contribution is -0.147. The Morgan fingerprint density at radius 2 is 1.87 bits per heavy atom. The zero-order valence-corrected chi connectivity index (χ0v) is 10.7. The Morgan fingerprint density at radius 1 is 1.33 bits per heavy atom. The molecule has 0 amide bonds. The fraction of sp³-hybridized carbons (Fsp3) is 0.917. The highest BCUT2D eigenvalue weighted by atomic mass is 16.4. The molecule has 90 valence electrons. The van der Waals surface area contributed by atoms with Crippen LogP contribution in [0.2, 0.25) is 0 Å². The number of carboxylic acids is 1. The molecule has 15 heavy (non-hydrogen) atoms. The summed E-state index contributed by atoms with van der Waals surface area (Å²) in [7, 11) is 2.06. The van der Waals surface area contributed by atoms with Crippen molar-refractivity contribution in [3.05, 3.63) is 0 Å². The average molecular weight is 215 g/mol.